The molecular weight excluding hydrogens is 342 g/mol. The van der Waals surface area contributed by atoms with Crippen LogP contribution in [0, 0.1) is 11.3 Å². The Morgan fingerprint density at radius 1 is 1.04 bits per heavy atom. The molecule has 1 aliphatic heterocycles. The Hall–Kier alpha value is -1.92. The van der Waals surface area contributed by atoms with Gasteiger partial charge in [0.2, 0.25) is 0 Å². The highest BCUT2D eigenvalue weighted by molar-refractivity contribution is 5.36. The van der Waals surface area contributed by atoms with Crippen molar-refractivity contribution in [2.75, 3.05) is 32.9 Å². The summed E-state index contributed by atoms with van der Waals surface area (Å²) >= 11 is 0. The molecule has 2 fully saturated rings. The SMILES string of the molecule is OCCOc1ccc(CN2C[C@@H](O)[C@@]3(C2)[C@H](CO)[C@H]3c2ccccc2)cc1. The Balaban J connectivity index is 1.44. The molecule has 27 heavy (non-hydrogen) atoms. The zero-order valence-electron chi connectivity index (χ0n) is 15.4. The number of β-amino-alcohol motifs (C(OH)–C–C–N with tert-alkyl or cyclic N) is 1. The van der Waals surface area contributed by atoms with Gasteiger partial charge >= 0.3 is 0 Å². The molecule has 4 rings (SSSR count). The highest BCUT2D eigenvalue weighted by Crippen LogP contribution is 2.68. The monoisotopic (exact) mass is 369 g/mol. The van der Waals surface area contributed by atoms with E-state index in [-0.39, 0.29) is 30.5 Å². The van der Waals surface area contributed by atoms with Crippen LogP contribution in [0.3, 0.4) is 0 Å². The highest BCUT2D eigenvalue weighted by Gasteiger charge is 2.70. The third-order valence-electron chi connectivity index (χ3n) is 6.16. The van der Waals surface area contributed by atoms with Crippen LogP contribution in [0.25, 0.3) is 0 Å². The number of aliphatic hydroxyl groups is 3. The van der Waals surface area contributed by atoms with Crippen LogP contribution in [-0.4, -0.2) is 59.2 Å². The number of rotatable bonds is 7. The number of aliphatic hydroxyl groups excluding tert-OH is 3. The molecule has 1 saturated heterocycles. The number of hydrogen-bond acceptors (Lipinski definition) is 5. The summed E-state index contributed by atoms with van der Waals surface area (Å²) < 4.78 is 5.40. The summed E-state index contributed by atoms with van der Waals surface area (Å²) in [6.45, 7) is 2.60. The van der Waals surface area contributed by atoms with Crippen LogP contribution in [-0.2, 0) is 6.54 Å². The van der Waals surface area contributed by atoms with Gasteiger partial charge in [0.25, 0.3) is 0 Å². The molecule has 1 heterocycles. The lowest BCUT2D eigenvalue weighted by molar-refractivity contribution is 0.111. The molecule has 5 heteroatoms. The van der Waals surface area contributed by atoms with Crippen LogP contribution >= 0.6 is 0 Å². The molecule has 2 aromatic carbocycles. The lowest BCUT2D eigenvalue weighted by Gasteiger charge is -2.17. The maximum atomic E-state index is 10.8. The molecule has 1 aliphatic carbocycles. The minimum atomic E-state index is -0.424. The molecule has 0 radical (unpaired) electrons. The molecule has 3 N–H and O–H groups in total. The van der Waals surface area contributed by atoms with Gasteiger partial charge in [0.1, 0.15) is 12.4 Å². The summed E-state index contributed by atoms with van der Waals surface area (Å²) in [5.74, 6) is 1.09. The van der Waals surface area contributed by atoms with Crippen molar-refractivity contribution in [3.8, 4) is 5.75 Å². The minimum Gasteiger partial charge on any atom is -0.491 e. The van der Waals surface area contributed by atoms with E-state index in [0.29, 0.717) is 13.2 Å². The zero-order valence-corrected chi connectivity index (χ0v) is 15.4. The smallest absolute Gasteiger partial charge is 0.119 e. The van der Waals surface area contributed by atoms with E-state index in [1.54, 1.807) is 0 Å². The van der Waals surface area contributed by atoms with Gasteiger partial charge in [-0.3, -0.25) is 4.90 Å². The molecule has 1 spiro atoms. The number of benzene rings is 2. The number of hydrogen-bond donors (Lipinski definition) is 3. The van der Waals surface area contributed by atoms with Gasteiger partial charge in [-0.15, -0.1) is 0 Å². The summed E-state index contributed by atoms with van der Waals surface area (Å²) in [6, 6.07) is 18.1. The maximum Gasteiger partial charge on any atom is 0.119 e. The van der Waals surface area contributed by atoms with E-state index < -0.39 is 6.10 Å². The summed E-state index contributed by atoms with van der Waals surface area (Å²) in [4.78, 5) is 2.28. The second-order valence-corrected chi connectivity index (χ2v) is 7.69. The largest absolute Gasteiger partial charge is 0.491 e. The van der Waals surface area contributed by atoms with Crippen molar-refractivity contribution in [2.24, 2.45) is 11.3 Å². The fourth-order valence-electron chi connectivity index (χ4n) is 4.89. The van der Waals surface area contributed by atoms with Crippen LogP contribution in [0.5, 0.6) is 5.75 Å². The molecule has 144 valence electrons. The van der Waals surface area contributed by atoms with Gasteiger partial charge in [0, 0.05) is 31.7 Å². The van der Waals surface area contributed by atoms with E-state index in [4.69, 9.17) is 9.84 Å². The van der Waals surface area contributed by atoms with Gasteiger partial charge in [0.05, 0.1) is 12.7 Å². The van der Waals surface area contributed by atoms with E-state index in [9.17, 15) is 10.2 Å². The van der Waals surface area contributed by atoms with Gasteiger partial charge < -0.3 is 20.1 Å². The van der Waals surface area contributed by atoms with Crippen LogP contribution in [0.4, 0.5) is 0 Å². The second kappa shape index (κ2) is 7.60. The van der Waals surface area contributed by atoms with Crippen molar-refractivity contribution in [1.29, 1.82) is 0 Å². The first kappa shape index (κ1) is 18.4. The van der Waals surface area contributed by atoms with E-state index in [1.165, 1.54) is 5.56 Å². The van der Waals surface area contributed by atoms with Gasteiger partial charge in [0.15, 0.2) is 0 Å². The third kappa shape index (κ3) is 3.36. The lowest BCUT2D eigenvalue weighted by atomic mass is 9.95. The van der Waals surface area contributed by atoms with E-state index in [1.807, 2.05) is 42.5 Å². The fraction of sp³-hybridized carbons (Fsp3) is 0.455. The Morgan fingerprint density at radius 3 is 2.44 bits per heavy atom. The molecule has 0 bridgehead atoms. The zero-order chi connectivity index (χ0) is 18.9. The first-order valence-corrected chi connectivity index (χ1v) is 9.58. The molecule has 4 atom stereocenters. The Kier molecular flexibility index (Phi) is 5.19. The standard InChI is InChI=1S/C22H27NO4/c24-10-11-27-18-8-6-16(7-9-18)12-23-13-20(26)22(15-23)19(14-25)21(22)17-4-2-1-3-5-17/h1-9,19-21,24-26H,10-15H2/t19-,20-,21-,22-/m1/s1. The van der Waals surface area contributed by atoms with Crippen LogP contribution in [0.1, 0.15) is 17.0 Å². The minimum absolute atomic E-state index is 0.00407. The van der Waals surface area contributed by atoms with E-state index >= 15 is 0 Å². The number of ether oxygens (including phenoxy) is 1. The molecule has 5 nitrogen and oxygen atoms in total. The molecule has 0 aromatic heterocycles. The summed E-state index contributed by atoms with van der Waals surface area (Å²) in [6.07, 6.45) is -0.424. The first-order chi connectivity index (χ1) is 13.2. The second-order valence-electron chi connectivity index (χ2n) is 7.69. The predicted molar refractivity (Wildman–Crippen MR) is 102 cm³/mol. The van der Waals surface area contributed by atoms with Crippen molar-refractivity contribution >= 4 is 0 Å². The van der Waals surface area contributed by atoms with Gasteiger partial charge in [-0.05, 0) is 35.1 Å². The first-order valence-electron chi connectivity index (χ1n) is 9.58. The van der Waals surface area contributed by atoms with Crippen molar-refractivity contribution < 1.29 is 20.1 Å². The molecular formula is C22H27NO4. The topological polar surface area (TPSA) is 73.2 Å². The van der Waals surface area contributed by atoms with Crippen molar-refractivity contribution in [2.45, 2.75) is 18.6 Å². The number of likely N-dealkylation sites (tertiary alicyclic amines) is 1. The molecule has 2 aliphatic rings. The lowest BCUT2D eigenvalue weighted by Crippen LogP contribution is -2.23. The van der Waals surface area contributed by atoms with Crippen LogP contribution in [0.2, 0.25) is 0 Å². The van der Waals surface area contributed by atoms with Gasteiger partial charge in [-0.2, -0.15) is 0 Å². The Bertz CT molecular complexity index is 751. The summed E-state index contributed by atoms with van der Waals surface area (Å²) in [5, 5.41) is 29.6. The van der Waals surface area contributed by atoms with Crippen molar-refractivity contribution in [3.63, 3.8) is 0 Å². The van der Waals surface area contributed by atoms with Crippen molar-refractivity contribution in [1.82, 2.24) is 4.90 Å². The molecule has 2 aromatic rings. The summed E-state index contributed by atoms with van der Waals surface area (Å²) in [7, 11) is 0. The molecule has 0 amide bonds. The average Bonchev–Trinajstić information content (AvgIpc) is 3.24. The van der Waals surface area contributed by atoms with E-state index in [2.05, 4.69) is 17.0 Å². The normalized spacial score (nSPS) is 30.0. The van der Waals surface area contributed by atoms with Crippen molar-refractivity contribution in [3.05, 3.63) is 65.7 Å². The molecule has 1 saturated carbocycles. The Morgan fingerprint density at radius 2 is 1.78 bits per heavy atom. The van der Waals surface area contributed by atoms with Crippen LogP contribution in [0.15, 0.2) is 54.6 Å². The maximum absolute atomic E-state index is 10.8. The third-order valence-corrected chi connectivity index (χ3v) is 6.16. The average molecular weight is 369 g/mol. The van der Waals surface area contributed by atoms with E-state index in [0.717, 1.165) is 24.4 Å². The summed E-state index contributed by atoms with van der Waals surface area (Å²) in [5.41, 5.74) is 2.14. The van der Waals surface area contributed by atoms with Gasteiger partial charge in [-0.1, -0.05) is 42.5 Å². The fourth-order valence-corrected chi connectivity index (χ4v) is 4.89. The quantitative estimate of drug-likeness (QED) is 0.692. The number of nitrogens with zero attached hydrogens (tertiary/aromatic N) is 1. The highest BCUT2D eigenvalue weighted by atomic mass is 16.5. The predicted octanol–water partition coefficient (Wildman–Crippen LogP) is 1.63. The Labute approximate surface area is 159 Å². The van der Waals surface area contributed by atoms with Gasteiger partial charge in [-0.25, -0.2) is 0 Å². The molecule has 0 unspecified atom stereocenters. The van der Waals surface area contributed by atoms with Crippen LogP contribution < -0.4 is 4.74 Å².